The Hall–Kier alpha value is -5.73. The highest BCUT2D eigenvalue weighted by Gasteiger charge is 2.44. The van der Waals surface area contributed by atoms with E-state index in [0.29, 0.717) is 50.9 Å². The van der Waals surface area contributed by atoms with Gasteiger partial charge in [-0.3, -0.25) is 9.59 Å². The van der Waals surface area contributed by atoms with Gasteiger partial charge < -0.3 is 39.2 Å². The molecule has 0 radical (unpaired) electrons. The molecule has 0 saturated carbocycles. The van der Waals surface area contributed by atoms with E-state index in [1.807, 2.05) is 72.8 Å². The van der Waals surface area contributed by atoms with Crippen LogP contribution >= 0.6 is 0 Å². The molecule has 3 atom stereocenters. The third kappa shape index (κ3) is 22.9. The zero-order valence-electron chi connectivity index (χ0n) is 47.2. The fourth-order valence-corrected chi connectivity index (χ4v) is 11.5. The van der Waals surface area contributed by atoms with Crippen molar-refractivity contribution in [2.45, 2.75) is 166 Å². The molecule has 416 valence electrons. The predicted molar refractivity (Wildman–Crippen MR) is 315 cm³/mol. The lowest BCUT2D eigenvalue weighted by Crippen LogP contribution is -2.38. The number of ether oxygens (including phenoxy) is 4. The number of rotatable bonds is 31. The van der Waals surface area contributed by atoms with Gasteiger partial charge in [-0.15, -0.1) is 6.58 Å². The van der Waals surface area contributed by atoms with Crippen molar-refractivity contribution in [3.05, 3.63) is 154 Å². The van der Waals surface area contributed by atoms with Crippen LogP contribution in [-0.4, -0.2) is 89.8 Å². The molecule has 0 aromatic heterocycles. The zero-order chi connectivity index (χ0) is 55.7. The Morgan fingerprint density at radius 2 is 1.13 bits per heavy atom. The molecule has 4 aromatic rings. The Kier molecular flexibility index (Phi) is 29.6. The molecular formula is C62H90N2O10Si2. The number of nitrogens with zero attached hydrogens (tertiary/aromatic N) is 2. The minimum Gasteiger partial charge on any atom is -0.498 e. The Labute approximate surface area is 457 Å². The van der Waals surface area contributed by atoms with Crippen LogP contribution in [0.4, 0.5) is 0 Å². The molecule has 3 unspecified atom stereocenters. The van der Waals surface area contributed by atoms with Gasteiger partial charge in [0.15, 0.2) is 5.41 Å². The van der Waals surface area contributed by atoms with Gasteiger partial charge >= 0.3 is 18.0 Å². The van der Waals surface area contributed by atoms with Crippen LogP contribution < -0.4 is 9.47 Å². The molecular weight excluding hydrogens is 989 g/mol. The van der Waals surface area contributed by atoms with Gasteiger partial charge in [0.05, 0.1) is 11.1 Å². The summed E-state index contributed by atoms with van der Waals surface area (Å²) in [6, 6.07) is 41.5. The van der Waals surface area contributed by atoms with E-state index in [1.54, 1.807) is 0 Å². The van der Waals surface area contributed by atoms with E-state index in [4.69, 9.17) is 39.2 Å². The fourth-order valence-electron chi connectivity index (χ4n) is 9.09. The van der Waals surface area contributed by atoms with Crippen LogP contribution in [0.25, 0.3) is 5.01 Å². The monoisotopic (exact) mass is 1080 g/mol. The molecule has 1 heterocycles. The Balaban J connectivity index is 0.000000361. The smallest absolute Gasteiger partial charge is 0.314 e. The van der Waals surface area contributed by atoms with Crippen molar-refractivity contribution in [3.8, 4) is 17.6 Å². The number of aliphatic hydroxyl groups excluding tert-OH is 2. The Morgan fingerprint density at radius 1 is 0.671 bits per heavy atom. The molecule has 12 nitrogen and oxygen atoms in total. The van der Waals surface area contributed by atoms with Crippen molar-refractivity contribution in [1.82, 2.24) is 0 Å². The van der Waals surface area contributed by atoms with Gasteiger partial charge in [0, 0.05) is 53.6 Å². The lowest BCUT2D eigenvalue weighted by Gasteiger charge is -2.35. The van der Waals surface area contributed by atoms with Gasteiger partial charge in [0.1, 0.15) is 44.0 Å². The minimum absolute atomic E-state index is 0.0782. The summed E-state index contributed by atoms with van der Waals surface area (Å²) in [5, 5.41) is 36.6. The number of allylic oxidation sites excluding steroid dienone is 1. The maximum absolute atomic E-state index is 11.8. The second-order valence-electron chi connectivity index (χ2n) is 21.8. The number of carbonyl (C=O) groups is 2. The van der Waals surface area contributed by atoms with Crippen molar-refractivity contribution in [2.24, 2.45) is 5.16 Å². The van der Waals surface area contributed by atoms with Crippen molar-refractivity contribution < 1.29 is 43.6 Å². The van der Waals surface area contributed by atoms with Crippen LogP contribution in [0.3, 0.4) is 0 Å². The summed E-state index contributed by atoms with van der Waals surface area (Å²) >= 11 is 0. The quantitative estimate of drug-likeness (QED) is 0.0163. The van der Waals surface area contributed by atoms with E-state index in [-0.39, 0.29) is 56.5 Å². The summed E-state index contributed by atoms with van der Waals surface area (Å²) < 4.78 is 21.9. The summed E-state index contributed by atoms with van der Waals surface area (Å²) in [6.45, 7) is 23.3. The van der Waals surface area contributed by atoms with E-state index in [2.05, 4.69) is 113 Å². The van der Waals surface area contributed by atoms with Crippen LogP contribution in [0.1, 0.15) is 120 Å². The SMILES string of the molecule is C=CC[Si](C)(C)C.CCCCC(C#[N+][O-])(c1ccccc1)c1ccc(OCCOC(=O)CCCCO)cc1.CCCCC(C1=NOC(C[Si](C)(C)C)C1)(c1ccccc1)c1ccc(OCCOC(=O)CCCCO)cc1. The first kappa shape index (κ1) is 64.6. The number of unbranched alkanes of at least 4 members (excludes halogenated alkanes) is 4. The van der Waals surface area contributed by atoms with E-state index < -0.39 is 21.6 Å². The molecule has 0 spiro atoms. The summed E-state index contributed by atoms with van der Waals surface area (Å²) in [5.41, 5.74) is 4.39. The third-order valence-corrected chi connectivity index (χ3v) is 16.1. The van der Waals surface area contributed by atoms with Gasteiger partial charge in [-0.2, -0.15) is 0 Å². The topological polar surface area (TPSA) is 161 Å². The lowest BCUT2D eigenvalue weighted by atomic mass is 9.66. The normalized spacial score (nSPS) is 14.5. The van der Waals surface area contributed by atoms with Gasteiger partial charge in [0.2, 0.25) is 0 Å². The maximum Gasteiger partial charge on any atom is 0.314 e. The van der Waals surface area contributed by atoms with Crippen LogP contribution in [-0.2, 0) is 34.7 Å². The number of carbonyl (C=O) groups excluding carboxylic acids is 2. The number of oxime groups is 1. The molecule has 5 rings (SSSR count). The van der Waals surface area contributed by atoms with Gasteiger partial charge in [-0.1, -0.05) is 175 Å². The molecule has 14 heteroatoms. The number of hydrogen-bond acceptors (Lipinski definition) is 11. The van der Waals surface area contributed by atoms with Gasteiger partial charge in [-0.05, 0) is 97.1 Å². The summed E-state index contributed by atoms with van der Waals surface area (Å²) in [4.78, 5) is 29.4. The summed E-state index contributed by atoms with van der Waals surface area (Å²) in [6.07, 6.45) is 11.9. The lowest BCUT2D eigenvalue weighted by molar-refractivity contribution is -0.145. The van der Waals surface area contributed by atoms with Crippen LogP contribution in [0, 0.1) is 11.3 Å². The Bertz CT molecular complexity index is 2340. The second-order valence-corrected chi connectivity index (χ2v) is 32.8. The third-order valence-electron chi connectivity index (χ3n) is 12.9. The van der Waals surface area contributed by atoms with Crippen molar-refractivity contribution in [2.75, 3.05) is 39.6 Å². The predicted octanol–water partition coefficient (Wildman–Crippen LogP) is 14.3. The highest BCUT2D eigenvalue weighted by atomic mass is 28.3. The molecule has 1 aliphatic heterocycles. The van der Waals surface area contributed by atoms with Crippen LogP contribution in [0.15, 0.2) is 127 Å². The van der Waals surface area contributed by atoms with Gasteiger partial charge in [0.25, 0.3) is 0 Å². The van der Waals surface area contributed by atoms with E-state index in [9.17, 15) is 14.8 Å². The number of hydrogen-bond donors (Lipinski definition) is 2. The zero-order valence-corrected chi connectivity index (χ0v) is 49.2. The van der Waals surface area contributed by atoms with Crippen molar-refractivity contribution >= 4 is 33.8 Å². The Morgan fingerprint density at radius 3 is 1.57 bits per heavy atom. The van der Waals surface area contributed by atoms with E-state index in [1.165, 1.54) is 17.2 Å². The second kappa shape index (κ2) is 34.8. The molecule has 1 aliphatic rings. The number of esters is 2. The van der Waals surface area contributed by atoms with Crippen molar-refractivity contribution in [3.63, 3.8) is 0 Å². The number of benzene rings is 4. The minimum atomic E-state index is -1.29. The summed E-state index contributed by atoms with van der Waals surface area (Å²) in [5.74, 6) is 0.844. The molecule has 0 aliphatic carbocycles. The first-order chi connectivity index (χ1) is 36.5. The highest BCUT2D eigenvalue weighted by Crippen LogP contribution is 2.43. The van der Waals surface area contributed by atoms with E-state index in [0.717, 1.165) is 73.6 Å². The van der Waals surface area contributed by atoms with Crippen LogP contribution in [0.5, 0.6) is 11.5 Å². The molecule has 0 fully saturated rings. The maximum atomic E-state index is 11.8. The average molecular weight is 1080 g/mol. The molecule has 4 aromatic carbocycles. The van der Waals surface area contributed by atoms with Crippen LogP contribution in [0.2, 0.25) is 51.4 Å². The first-order valence-corrected chi connectivity index (χ1v) is 35.0. The van der Waals surface area contributed by atoms with Crippen molar-refractivity contribution in [1.29, 1.82) is 0 Å². The molecule has 2 N–H and O–H groups in total. The highest BCUT2D eigenvalue weighted by molar-refractivity contribution is 6.76. The van der Waals surface area contributed by atoms with Gasteiger partial charge in [-0.25, -0.2) is 0 Å². The largest absolute Gasteiger partial charge is 0.498 e. The first-order valence-electron chi connectivity index (χ1n) is 27.5. The fraction of sp³-hybridized carbons (Fsp3) is 0.516. The molecule has 0 amide bonds. The standard InChI is InChI=1S/C31H45NO5Si.C25H31NO5.C6H14Si/c1-5-6-19-31(25-12-8-7-9-13-25,29-23-28(37-32-29)24-38(2,3)4)26-15-17-27(18-16-26)35-21-22-36-30(34)14-10-11-20-33;1-2-3-16-25(20-26-29,21-9-5-4-6-10-21)22-12-14-23(15-13-22)30-18-19-31-24(28)11-7-8-17-27;1-5-6-7(2,3)4/h7-9,12-13,15-18,28,33H,5-6,10-11,14,19-24H2,1-4H3;4-6,9-10,12-15,27H,2-3,7-8,11,16-19H2,1H3;5H,1,6H2,2-4H3. The molecule has 0 bridgehead atoms. The van der Waals surface area contributed by atoms with E-state index >= 15 is 0 Å². The number of aliphatic hydroxyl groups is 2. The average Bonchev–Trinajstić information content (AvgIpc) is 3.86. The molecule has 76 heavy (non-hydrogen) atoms. The molecule has 0 saturated heterocycles. The summed E-state index contributed by atoms with van der Waals surface area (Å²) in [7, 11) is -2.07.